The van der Waals surface area contributed by atoms with E-state index in [9.17, 15) is 0 Å². The fourth-order valence-corrected chi connectivity index (χ4v) is 1.56. The summed E-state index contributed by atoms with van der Waals surface area (Å²) in [6, 6.07) is 5.78. The van der Waals surface area contributed by atoms with Crippen LogP contribution in [-0.4, -0.2) is 13.7 Å². The van der Waals surface area contributed by atoms with E-state index in [0.29, 0.717) is 23.9 Å². The summed E-state index contributed by atoms with van der Waals surface area (Å²) < 4.78 is 5.10. The standard InChI is InChI=1S/C11H13ClN2O/c1-8-5-11(15-2)10(12)6-9(8)7-14-4-3-13/h5-6,14H,4,7H2,1-2H3. The largest absolute Gasteiger partial charge is 0.495 e. The summed E-state index contributed by atoms with van der Waals surface area (Å²) in [4.78, 5) is 0. The van der Waals surface area contributed by atoms with Crippen LogP contribution >= 0.6 is 11.6 Å². The predicted molar refractivity (Wildman–Crippen MR) is 60.1 cm³/mol. The van der Waals surface area contributed by atoms with Gasteiger partial charge in [-0.05, 0) is 30.2 Å². The van der Waals surface area contributed by atoms with E-state index < -0.39 is 0 Å². The fourth-order valence-electron chi connectivity index (χ4n) is 1.30. The van der Waals surface area contributed by atoms with Gasteiger partial charge in [-0.15, -0.1) is 0 Å². The van der Waals surface area contributed by atoms with Crippen LogP contribution in [0, 0.1) is 18.3 Å². The van der Waals surface area contributed by atoms with Gasteiger partial charge in [-0.3, -0.25) is 0 Å². The first kappa shape index (κ1) is 11.8. The molecule has 0 aromatic heterocycles. The number of hydrogen-bond acceptors (Lipinski definition) is 3. The van der Waals surface area contributed by atoms with Crippen LogP contribution < -0.4 is 10.1 Å². The zero-order valence-corrected chi connectivity index (χ0v) is 9.56. The molecule has 3 nitrogen and oxygen atoms in total. The lowest BCUT2D eigenvalue weighted by atomic mass is 10.1. The molecule has 1 aromatic carbocycles. The maximum Gasteiger partial charge on any atom is 0.137 e. The SMILES string of the molecule is COc1cc(C)c(CNCC#N)cc1Cl. The summed E-state index contributed by atoms with van der Waals surface area (Å²) in [6.45, 7) is 2.97. The zero-order valence-electron chi connectivity index (χ0n) is 8.80. The molecule has 1 rings (SSSR count). The van der Waals surface area contributed by atoms with Crippen LogP contribution in [0.2, 0.25) is 5.02 Å². The maximum atomic E-state index is 8.39. The molecule has 4 heteroatoms. The van der Waals surface area contributed by atoms with Crippen LogP contribution in [0.3, 0.4) is 0 Å². The van der Waals surface area contributed by atoms with Gasteiger partial charge in [0.25, 0.3) is 0 Å². The Kier molecular flexibility index (Phi) is 4.41. The van der Waals surface area contributed by atoms with Gasteiger partial charge < -0.3 is 10.1 Å². The number of rotatable bonds is 4. The molecule has 0 unspecified atom stereocenters. The van der Waals surface area contributed by atoms with Crippen molar-refractivity contribution < 1.29 is 4.74 Å². The van der Waals surface area contributed by atoms with Crippen molar-refractivity contribution in [2.75, 3.05) is 13.7 Å². The number of nitriles is 1. The van der Waals surface area contributed by atoms with Crippen molar-refractivity contribution in [1.29, 1.82) is 5.26 Å². The second-order valence-corrected chi connectivity index (χ2v) is 3.58. The van der Waals surface area contributed by atoms with E-state index in [1.165, 1.54) is 0 Å². The third-order valence-electron chi connectivity index (χ3n) is 2.13. The van der Waals surface area contributed by atoms with Crippen LogP contribution in [-0.2, 0) is 6.54 Å². The Morgan fingerprint density at radius 2 is 2.27 bits per heavy atom. The van der Waals surface area contributed by atoms with Gasteiger partial charge >= 0.3 is 0 Å². The van der Waals surface area contributed by atoms with E-state index in [0.717, 1.165) is 11.1 Å². The average molecular weight is 225 g/mol. The smallest absolute Gasteiger partial charge is 0.137 e. The number of ether oxygens (including phenoxy) is 1. The Balaban J connectivity index is 2.81. The molecule has 80 valence electrons. The maximum absolute atomic E-state index is 8.39. The first-order valence-electron chi connectivity index (χ1n) is 4.59. The highest BCUT2D eigenvalue weighted by molar-refractivity contribution is 6.32. The van der Waals surface area contributed by atoms with Gasteiger partial charge in [-0.25, -0.2) is 0 Å². The molecule has 0 heterocycles. The van der Waals surface area contributed by atoms with Crippen molar-refractivity contribution in [3.63, 3.8) is 0 Å². The van der Waals surface area contributed by atoms with Gasteiger partial charge in [-0.1, -0.05) is 11.6 Å². The fraction of sp³-hybridized carbons (Fsp3) is 0.364. The number of nitrogens with zero attached hydrogens (tertiary/aromatic N) is 1. The Morgan fingerprint density at radius 3 is 2.87 bits per heavy atom. The van der Waals surface area contributed by atoms with E-state index in [4.69, 9.17) is 21.6 Å². The normalized spacial score (nSPS) is 9.73. The molecule has 15 heavy (non-hydrogen) atoms. The molecule has 0 fully saturated rings. The first-order valence-corrected chi connectivity index (χ1v) is 4.97. The summed E-state index contributed by atoms with van der Waals surface area (Å²) in [5.74, 6) is 0.679. The van der Waals surface area contributed by atoms with Crippen LogP contribution in [0.15, 0.2) is 12.1 Å². The lowest BCUT2D eigenvalue weighted by molar-refractivity contribution is 0.414. The summed E-state index contributed by atoms with van der Waals surface area (Å²) in [6.07, 6.45) is 0. The molecule has 0 aliphatic carbocycles. The summed E-state index contributed by atoms with van der Waals surface area (Å²) in [7, 11) is 1.59. The topological polar surface area (TPSA) is 45.0 Å². The highest BCUT2D eigenvalue weighted by Crippen LogP contribution is 2.27. The van der Waals surface area contributed by atoms with E-state index in [1.807, 2.05) is 25.1 Å². The van der Waals surface area contributed by atoms with E-state index in [-0.39, 0.29) is 0 Å². The average Bonchev–Trinajstić information content (AvgIpc) is 2.23. The Hall–Kier alpha value is -1.24. The van der Waals surface area contributed by atoms with Crippen LogP contribution in [0.1, 0.15) is 11.1 Å². The number of hydrogen-bond donors (Lipinski definition) is 1. The third-order valence-corrected chi connectivity index (χ3v) is 2.43. The van der Waals surface area contributed by atoms with Crippen molar-refractivity contribution in [2.45, 2.75) is 13.5 Å². The zero-order chi connectivity index (χ0) is 11.3. The molecular weight excluding hydrogens is 212 g/mol. The van der Waals surface area contributed by atoms with Gasteiger partial charge in [0.1, 0.15) is 5.75 Å². The first-order chi connectivity index (χ1) is 7.19. The number of nitrogens with one attached hydrogen (secondary N) is 1. The van der Waals surface area contributed by atoms with Crippen molar-refractivity contribution in [3.05, 3.63) is 28.3 Å². The van der Waals surface area contributed by atoms with Gasteiger partial charge in [0.2, 0.25) is 0 Å². The van der Waals surface area contributed by atoms with Gasteiger partial charge in [0.05, 0.1) is 24.7 Å². The van der Waals surface area contributed by atoms with Crippen molar-refractivity contribution in [2.24, 2.45) is 0 Å². The van der Waals surface area contributed by atoms with Crippen LogP contribution in [0.5, 0.6) is 5.75 Å². The summed E-state index contributed by atoms with van der Waals surface area (Å²) >= 11 is 6.00. The molecule has 0 radical (unpaired) electrons. The second-order valence-electron chi connectivity index (χ2n) is 3.17. The van der Waals surface area contributed by atoms with Crippen LogP contribution in [0.4, 0.5) is 0 Å². The van der Waals surface area contributed by atoms with Crippen LogP contribution in [0.25, 0.3) is 0 Å². The minimum Gasteiger partial charge on any atom is -0.495 e. The molecule has 0 amide bonds. The molecule has 0 aliphatic rings. The van der Waals surface area contributed by atoms with Gasteiger partial charge in [0, 0.05) is 6.54 Å². The lowest BCUT2D eigenvalue weighted by Gasteiger charge is -2.09. The molecule has 0 aliphatic heterocycles. The summed E-state index contributed by atoms with van der Waals surface area (Å²) in [5, 5.41) is 12.0. The predicted octanol–water partition coefficient (Wildman–Crippen LogP) is 2.27. The van der Waals surface area contributed by atoms with E-state index in [2.05, 4.69) is 5.32 Å². The minimum atomic E-state index is 0.336. The number of aryl methyl sites for hydroxylation is 1. The van der Waals surface area contributed by atoms with Gasteiger partial charge in [0.15, 0.2) is 0 Å². The number of halogens is 1. The van der Waals surface area contributed by atoms with Crippen molar-refractivity contribution in [3.8, 4) is 11.8 Å². The monoisotopic (exact) mass is 224 g/mol. The Bertz CT molecular complexity index is 385. The molecule has 1 N–H and O–H groups in total. The minimum absolute atomic E-state index is 0.336. The second kappa shape index (κ2) is 5.59. The highest BCUT2D eigenvalue weighted by Gasteiger charge is 2.05. The van der Waals surface area contributed by atoms with Gasteiger partial charge in [-0.2, -0.15) is 5.26 Å². The Morgan fingerprint density at radius 1 is 1.53 bits per heavy atom. The Labute approximate surface area is 94.6 Å². The molecule has 0 saturated carbocycles. The van der Waals surface area contributed by atoms with E-state index in [1.54, 1.807) is 7.11 Å². The number of methoxy groups -OCH3 is 1. The van der Waals surface area contributed by atoms with Crippen molar-refractivity contribution in [1.82, 2.24) is 5.32 Å². The molecule has 0 spiro atoms. The third kappa shape index (κ3) is 3.12. The molecule has 0 bridgehead atoms. The quantitative estimate of drug-likeness (QED) is 0.631. The molecule has 0 atom stereocenters. The van der Waals surface area contributed by atoms with Crippen molar-refractivity contribution >= 4 is 11.6 Å². The molecule has 0 saturated heterocycles. The lowest BCUT2D eigenvalue weighted by Crippen LogP contribution is -2.13. The van der Waals surface area contributed by atoms with E-state index >= 15 is 0 Å². The molecular formula is C11H13ClN2O. The summed E-state index contributed by atoms with van der Waals surface area (Å²) in [5.41, 5.74) is 2.18. The highest BCUT2D eigenvalue weighted by atomic mass is 35.5. The molecule has 1 aromatic rings. The number of benzene rings is 1.